The fraction of sp³-hybridized carbons (Fsp3) is 0.333. The van der Waals surface area contributed by atoms with Crippen molar-refractivity contribution in [3.63, 3.8) is 0 Å². The van der Waals surface area contributed by atoms with Gasteiger partial charge in [-0.25, -0.2) is 4.39 Å². The first-order valence-corrected chi connectivity index (χ1v) is 5.10. The summed E-state index contributed by atoms with van der Waals surface area (Å²) in [5, 5.41) is 1.20. The molecule has 2 aromatic rings. The number of aromatic amines is 1. The third-order valence-electron chi connectivity index (χ3n) is 3.04. The molecule has 1 aliphatic carbocycles. The van der Waals surface area contributed by atoms with Gasteiger partial charge in [0.05, 0.1) is 5.69 Å². The number of fused-ring (bicyclic) bond motifs is 3. The second-order valence-electron chi connectivity index (χ2n) is 3.92. The molecule has 1 unspecified atom stereocenters. The second-order valence-corrected chi connectivity index (χ2v) is 3.92. The van der Waals surface area contributed by atoms with Crippen LogP contribution < -0.4 is 0 Å². The maximum atomic E-state index is 13.6. The molecule has 0 amide bonds. The number of aromatic nitrogens is 1. The summed E-state index contributed by atoms with van der Waals surface area (Å²) >= 11 is 0. The third-order valence-corrected chi connectivity index (χ3v) is 3.04. The fourth-order valence-corrected chi connectivity index (χ4v) is 2.36. The topological polar surface area (TPSA) is 15.8 Å². The van der Waals surface area contributed by atoms with Gasteiger partial charge in [0.1, 0.15) is 6.17 Å². The average Bonchev–Trinajstić information content (AvgIpc) is 2.59. The molecule has 0 saturated carbocycles. The number of aryl methyl sites for hydroxylation is 1. The second kappa shape index (κ2) is 2.84. The number of hydrogen-bond donors (Lipinski definition) is 1. The predicted molar refractivity (Wildman–Crippen MR) is 55.1 cm³/mol. The van der Waals surface area contributed by atoms with E-state index in [1.54, 1.807) is 0 Å². The molecule has 1 aromatic heterocycles. The zero-order valence-electron chi connectivity index (χ0n) is 7.89. The summed E-state index contributed by atoms with van der Waals surface area (Å²) in [7, 11) is 0. The van der Waals surface area contributed by atoms with Gasteiger partial charge in [-0.3, -0.25) is 0 Å². The van der Waals surface area contributed by atoms with Crippen LogP contribution in [0.3, 0.4) is 0 Å². The monoisotopic (exact) mass is 189 g/mol. The molecule has 0 bridgehead atoms. The third kappa shape index (κ3) is 0.999. The van der Waals surface area contributed by atoms with Gasteiger partial charge in [-0.1, -0.05) is 18.2 Å². The van der Waals surface area contributed by atoms with Gasteiger partial charge in [0.2, 0.25) is 0 Å². The molecule has 1 N–H and O–H groups in total. The maximum Gasteiger partial charge on any atom is 0.140 e. The predicted octanol–water partition coefficient (Wildman–Crippen LogP) is 3.51. The van der Waals surface area contributed by atoms with Gasteiger partial charge in [-0.15, -0.1) is 0 Å². The van der Waals surface area contributed by atoms with Crippen LogP contribution in [0.5, 0.6) is 0 Å². The summed E-state index contributed by atoms with van der Waals surface area (Å²) in [6, 6.07) is 8.08. The van der Waals surface area contributed by atoms with Crippen LogP contribution in [0.4, 0.5) is 4.39 Å². The van der Waals surface area contributed by atoms with Crippen molar-refractivity contribution in [3.05, 3.63) is 35.5 Å². The van der Waals surface area contributed by atoms with Crippen molar-refractivity contribution in [2.75, 3.05) is 0 Å². The van der Waals surface area contributed by atoms with Crippen LogP contribution in [-0.2, 0) is 6.42 Å². The first-order valence-electron chi connectivity index (χ1n) is 5.10. The van der Waals surface area contributed by atoms with Gasteiger partial charge in [-0.05, 0) is 30.9 Å². The molecule has 2 heteroatoms. The summed E-state index contributed by atoms with van der Waals surface area (Å²) in [5.41, 5.74) is 3.08. The standard InChI is InChI=1S/C12H12FN/c13-10-6-3-5-9-8-4-1-2-7-11(8)14-12(9)10/h1-2,4,7,10,14H,3,5-6H2. The maximum absolute atomic E-state index is 13.6. The molecule has 1 nitrogen and oxygen atoms in total. The quantitative estimate of drug-likeness (QED) is 0.652. The zero-order chi connectivity index (χ0) is 9.54. The van der Waals surface area contributed by atoms with Gasteiger partial charge >= 0.3 is 0 Å². The first kappa shape index (κ1) is 8.04. The number of alkyl halides is 1. The fourth-order valence-electron chi connectivity index (χ4n) is 2.36. The van der Waals surface area contributed by atoms with E-state index in [1.807, 2.05) is 18.2 Å². The lowest BCUT2D eigenvalue weighted by atomic mass is 9.94. The van der Waals surface area contributed by atoms with Gasteiger partial charge in [0.15, 0.2) is 0 Å². The van der Waals surface area contributed by atoms with Crippen LogP contribution >= 0.6 is 0 Å². The van der Waals surface area contributed by atoms with Crippen molar-refractivity contribution in [3.8, 4) is 0 Å². The number of halogens is 1. The summed E-state index contributed by atoms with van der Waals surface area (Å²) in [6.07, 6.45) is 1.86. The molecule has 0 saturated heterocycles. The summed E-state index contributed by atoms with van der Waals surface area (Å²) < 4.78 is 13.6. The van der Waals surface area contributed by atoms with E-state index < -0.39 is 6.17 Å². The Morgan fingerprint density at radius 3 is 3.07 bits per heavy atom. The highest BCUT2D eigenvalue weighted by molar-refractivity contribution is 5.85. The lowest BCUT2D eigenvalue weighted by Crippen LogP contribution is -2.04. The highest BCUT2D eigenvalue weighted by Crippen LogP contribution is 2.36. The summed E-state index contributed by atoms with van der Waals surface area (Å²) in [4.78, 5) is 3.19. The SMILES string of the molecule is FC1CCCc2c1[nH]c1ccccc21. The smallest absolute Gasteiger partial charge is 0.140 e. The van der Waals surface area contributed by atoms with E-state index in [4.69, 9.17) is 0 Å². The van der Waals surface area contributed by atoms with Crippen molar-refractivity contribution >= 4 is 10.9 Å². The van der Waals surface area contributed by atoms with Crippen LogP contribution in [0.15, 0.2) is 24.3 Å². The van der Waals surface area contributed by atoms with Gasteiger partial charge in [0.25, 0.3) is 0 Å². The lowest BCUT2D eigenvalue weighted by molar-refractivity contribution is 0.297. The molecule has 1 atom stereocenters. The Bertz CT molecular complexity index is 472. The van der Waals surface area contributed by atoms with Crippen LogP contribution in [-0.4, -0.2) is 4.98 Å². The van der Waals surface area contributed by atoms with E-state index in [9.17, 15) is 4.39 Å². The Morgan fingerprint density at radius 1 is 1.29 bits per heavy atom. The van der Waals surface area contributed by atoms with Gasteiger partial charge in [-0.2, -0.15) is 0 Å². The van der Waals surface area contributed by atoms with Crippen molar-refractivity contribution in [1.82, 2.24) is 4.98 Å². The zero-order valence-corrected chi connectivity index (χ0v) is 7.89. The highest BCUT2D eigenvalue weighted by Gasteiger charge is 2.23. The van der Waals surface area contributed by atoms with E-state index >= 15 is 0 Å². The van der Waals surface area contributed by atoms with Gasteiger partial charge in [0, 0.05) is 10.9 Å². The van der Waals surface area contributed by atoms with Crippen molar-refractivity contribution in [1.29, 1.82) is 0 Å². The Hall–Kier alpha value is -1.31. The van der Waals surface area contributed by atoms with Crippen molar-refractivity contribution < 1.29 is 4.39 Å². The molecule has 0 spiro atoms. The number of rotatable bonds is 0. The van der Waals surface area contributed by atoms with E-state index in [1.165, 1.54) is 10.9 Å². The molecule has 1 aliphatic rings. The minimum absolute atomic E-state index is 0.666. The van der Waals surface area contributed by atoms with Crippen molar-refractivity contribution in [2.24, 2.45) is 0 Å². The van der Waals surface area contributed by atoms with E-state index in [2.05, 4.69) is 11.1 Å². The number of nitrogens with one attached hydrogen (secondary N) is 1. The minimum Gasteiger partial charge on any atom is -0.356 e. The Labute approximate surface area is 81.9 Å². The molecule has 0 aliphatic heterocycles. The molecular weight excluding hydrogens is 177 g/mol. The summed E-state index contributed by atoms with van der Waals surface area (Å²) in [5.74, 6) is 0. The Morgan fingerprint density at radius 2 is 2.14 bits per heavy atom. The van der Waals surface area contributed by atoms with Crippen LogP contribution in [0.25, 0.3) is 10.9 Å². The molecular formula is C12H12FN. The molecule has 0 fully saturated rings. The van der Waals surface area contributed by atoms with Crippen LogP contribution in [0.1, 0.15) is 30.3 Å². The average molecular weight is 189 g/mol. The van der Waals surface area contributed by atoms with E-state index in [-0.39, 0.29) is 0 Å². The molecule has 3 rings (SSSR count). The molecule has 1 heterocycles. The number of para-hydroxylation sites is 1. The molecule has 14 heavy (non-hydrogen) atoms. The van der Waals surface area contributed by atoms with Crippen LogP contribution in [0, 0.1) is 0 Å². The lowest BCUT2D eigenvalue weighted by Gasteiger charge is -2.15. The first-order chi connectivity index (χ1) is 6.86. The van der Waals surface area contributed by atoms with E-state index in [0.29, 0.717) is 6.42 Å². The number of benzene rings is 1. The Kier molecular flexibility index (Phi) is 1.63. The highest BCUT2D eigenvalue weighted by atomic mass is 19.1. The number of hydrogen-bond acceptors (Lipinski definition) is 0. The summed E-state index contributed by atoms with van der Waals surface area (Å²) in [6.45, 7) is 0. The minimum atomic E-state index is -0.786. The van der Waals surface area contributed by atoms with E-state index in [0.717, 1.165) is 24.1 Å². The Balaban J connectivity index is 2.32. The normalized spacial score (nSPS) is 21.1. The molecule has 1 aromatic carbocycles. The van der Waals surface area contributed by atoms with Crippen LogP contribution in [0.2, 0.25) is 0 Å². The number of H-pyrrole nitrogens is 1. The van der Waals surface area contributed by atoms with Crippen molar-refractivity contribution in [2.45, 2.75) is 25.4 Å². The molecule has 0 radical (unpaired) electrons. The largest absolute Gasteiger partial charge is 0.356 e. The molecule has 72 valence electrons. The van der Waals surface area contributed by atoms with Gasteiger partial charge < -0.3 is 4.98 Å².